The summed E-state index contributed by atoms with van der Waals surface area (Å²) in [5.74, 6) is 3.85. The smallest absolute Gasteiger partial charge is 0.489 e. The topological polar surface area (TPSA) is 195 Å². The first-order valence-corrected chi connectivity index (χ1v) is 19.7. The highest BCUT2D eigenvalue weighted by Gasteiger charge is 2.16. The van der Waals surface area contributed by atoms with E-state index in [2.05, 4.69) is 57.6 Å². The highest BCUT2D eigenvalue weighted by molar-refractivity contribution is 6.62. The average Bonchev–Trinajstić information content (AvgIpc) is 3.25. The van der Waals surface area contributed by atoms with Crippen molar-refractivity contribution in [2.45, 2.75) is 40.9 Å². The van der Waals surface area contributed by atoms with Gasteiger partial charge in [0.15, 0.2) is 17.5 Å². The minimum atomic E-state index is -1.59. The van der Waals surface area contributed by atoms with Crippen LogP contribution in [0.25, 0.3) is 34.2 Å². The summed E-state index contributed by atoms with van der Waals surface area (Å²) in [4.78, 5) is 25.3. The van der Waals surface area contributed by atoms with Crippen molar-refractivity contribution in [3.8, 4) is 57.7 Å². The Hall–Kier alpha value is -5.13. The first-order valence-electron chi connectivity index (χ1n) is 18.6. The number of ether oxygens (including phenoxy) is 4. The Morgan fingerprint density at radius 3 is 1.47 bits per heavy atom. The monoisotopic (exact) mass is 878 g/mol. The number of aliphatic hydroxyl groups excluding tert-OH is 2. The molecule has 0 radical (unpaired) electrons. The molecule has 6 rings (SSSR count). The Labute approximate surface area is 364 Å². The molecule has 6 aromatic rings. The molecule has 0 atom stereocenters. The molecule has 0 aliphatic rings. The zero-order valence-electron chi connectivity index (χ0n) is 33.9. The van der Waals surface area contributed by atoms with Gasteiger partial charge >= 0.3 is 19.1 Å². The number of nitrogens with zero attached hydrogens (tertiary/aromatic N) is 6. The van der Waals surface area contributed by atoms with Gasteiger partial charge in [-0.3, -0.25) is 0 Å². The number of benzene rings is 4. The molecule has 14 nitrogen and oxygen atoms in total. The van der Waals surface area contributed by atoms with Gasteiger partial charge in [-0.2, -0.15) is 24.9 Å². The third kappa shape index (κ3) is 14.6. The number of hydrogen-bond acceptors (Lipinski definition) is 14. The molecule has 60 heavy (non-hydrogen) atoms. The van der Waals surface area contributed by atoms with Crippen molar-refractivity contribution in [3.05, 3.63) is 111 Å². The summed E-state index contributed by atoms with van der Waals surface area (Å²) < 4.78 is 21.6. The molecule has 2 aromatic heterocycles. The molecule has 0 unspecified atom stereocenters. The fourth-order valence-corrected chi connectivity index (χ4v) is 5.48. The van der Waals surface area contributed by atoms with E-state index in [1.807, 2.05) is 48.5 Å². The minimum absolute atomic E-state index is 0.100. The Kier molecular flexibility index (Phi) is 18.7. The molecule has 18 heteroatoms. The zero-order valence-corrected chi connectivity index (χ0v) is 36.2. The summed E-state index contributed by atoms with van der Waals surface area (Å²) in [6, 6.07) is 25.2. The third-order valence-corrected chi connectivity index (χ3v) is 8.78. The van der Waals surface area contributed by atoms with E-state index in [0.717, 1.165) is 22.6 Å². The first kappa shape index (κ1) is 47.6. The molecule has 0 spiro atoms. The van der Waals surface area contributed by atoms with Crippen LogP contribution in [0.4, 0.5) is 0 Å². The molecular weight excluding hydrogens is 834 g/mol. The highest BCUT2D eigenvalue weighted by atomic mass is 35.5. The van der Waals surface area contributed by atoms with Crippen LogP contribution in [0.15, 0.2) is 84.9 Å². The van der Waals surface area contributed by atoms with Crippen LogP contribution < -0.4 is 24.4 Å². The summed E-state index contributed by atoms with van der Waals surface area (Å²) in [7, 11) is 1.39. The van der Waals surface area contributed by atoms with Gasteiger partial charge < -0.3 is 39.2 Å². The van der Waals surface area contributed by atoms with Crippen LogP contribution in [0, 0.1) is 11.8 Å². The highest BCUT2D eigenvalue weighted by Crippen LogP contribution is 2.30. The maximum atomic E-state index is 9.40. The maximum absolute atomic E-state index is 9.40. The van der Waals surface area contributed by atoms with E-state index >= 15 is 0 Å². The fourth-order valence-electron chi connectivity index (χ4n) is 4.91. The van der Waals surface area contributed by atoms with Gasteiger partial charge in [-0.25, -0.2) is 4.98 Å². The molecular formula is C42H46BCl3N6O8. The van der Waals surface area contributed by atoms with Gasteiger partial charge in [-0.05, 0) is 101 Å². The quantitative estimate of drug-likeness (QED) is 0.0806. The fraction of sp³-hybridized carbons (Fsp3) is 0.286. The van der Waals surface area contributed by atoms with Crippen LogP contribution in [0.3, 0.4) is 0 Å². The van der Waals surface area contributed by atoms with Gasteiger partial charge in [0.25, 0.3) is 0 Å². The molecule has 0 fully saturated rings. The van der Waals surface area contributed by atoms with Crippen LogP contribution in [-0.4, -0.2) is 84.7 Å². The lowest BCUT2D eigenvalue weighted by Crippen LogP contribution is -2.31. The molecule has 316 valence electrons. The number of hydrogen-bond donors (Lipinski definition) is 4. The zero-order chi connectivity index (χ0) is 43.8. The van der Waals surface area contributed by atoms with Crippen LogP contribution in [0.2, 0.25) is 15.3 Å². The van der Waals surface area contributed by atoms with Gasteiger partial charge in [0, 0.05) is 27.2 Å². The molecule has 4 N–H and O–H groups in total. The van der Waals surface area contributed by atoms with Gasteiger partial charge in [0.05, 0.1) is 45.7 Å². The standard InChI is InChI=1S/C21H22ClN3O3.C14H16ClN3O2.C7H8BClO3/c1-13(2)12-28-16-7-5-15(6-8-16)19-23-20(25-21(24-19)27-3)17-10-14(11-26)4-9-18(17)22;1-9(2)8-20-11-6-4-10(5-7-11)12-16-13(15)18-14(17-12)19-3;9-7-2-1-5(4-10)3-6(7)8(11)12/h4-10,13,26H,11-12H2,1-3H3;4-7,9H,8H2,1-3H3;1-3,10-12H,4H2. The van der Waals surface area contributed by atoms with Crippen molar-refractivity contribution in [3.63, 3.8) is 0 Å². The summed E-state index contributed by atoms with van der Waals surface area (Å²) in [5, 5.41) is 36.6. The van der Waals surface area contributed by atoms with Crippen LogP contribution in [0.5, 0.6) is 23.5 Å². The van der Waals surface area contributed by atoms with Crippen LogP contribution in [0.1, 0.15) is 38.8 Å². The number of rotatable bonds is 14. The van der Waals surface area contributed by atoms with Crippen molar-refractivity contribution in [1.29, 1.82) is 0 Å². The predicted molar refractivity (Wildman–Crippen MR) is 233 cm³/mol. The minimum Gasteiger partial charge on any atom is -0.493 e. The van der Waals surface area contributed by atoms with E-state index < -0.39 is 7.12 Å². The van der Waals surface area contributed by atoms with Crippen molar-refractivity contribution >= 4 is 47.4 Å². The van der Waals surface area contributed by atoms with E-state index in [1.165, 1.54) is 26.4 Å². The molecule has 0 aliphatic carbocycles. The van der Waals surface area contributed by atoms with Crippen molar-refractivity contribution in [2.75, 3.05) is 27.4 Å². The molecule has 0 saturated carbocycles. The summed E-state index contributed by atoms with van der Waals surface area (Å²) >= 11 is 17.8. The van der Waals surface area contributed by atoms with Crippen molar-refractivity contribution in [1.82, 2.24) is 29.9 Å². The number of aromatic nitrogens is 6. The summed E-state index contributed by atoms with van der Waals surface area (Å²) in [6.45, 7) is 9.51. The van der Waals surface area contributed by atoms with Crippen LogP contribution in [-0.2, 0) is 13.2 Å². The second-order valence-corrected chi connectivity index (χ2v) is 14.9. The summed E-state index contributed by atoms with van der Waals surface area (Å²) in [6.07, 6.45) is 0. The Bertz CT molecular complexity index is 2270. The molecule has 0 amide bonds. The number of aliphatic hydroxyl groups is 2. The first-order chi connectivity index (χ1) is 28.7. The molecule has 0 bridgehead atoms. The number of methoxy groups -OCH3 is 2. The maximum Gasteiger partial charge on any atom is 0.489 e. The second-order valence-electron chi connectivity index (χ2n) is 13.7. The van der Waals surface area contributed by atoms with E-state index in [4.69, 9.17) is 68.9 Å². The normalized spacial score (nSPS) is 10.7. The predicted octanol–water partition coefficient (Wildman–Crippen LogP) is 7.14. The SMILES string of the molecule is COc1nc(-c2ccc(OCC(C)C)cc2)nc(-c2cc(CO)ccc2Cl)n1.COc1nc(Cl)nc(-c2ccc(OCC(C)C)cc2)n1.OCc1ccc(Cl)c(B(O)O)c1. The lowest BCUT2D eigenvalue weighted by atomic mass is 9.79. The molecule has 0 aliphatic heterocycles. The van der Waals surface area contributed by atoms with E-state index in [-0.39, 0.29) is 41.0 Å². The van der Waals surface area contributed by atoms with Crippen molar-refractivity contribution in [2.24, 2.45) is 11.8 Å². The second kappa shape index (κ2) is 23.6. The Morgan fingerprint density at radius 2 is 1.00 bits per heavy atom. The van der Waals surface area contributed by atoms with Crippen LogP contribution >= 0.6 is 34.8 Å². The molecule has 2 heterocycles. The van der Waals surface area contributed by atoms with Gasteiger partial charge in [0.2, 0.25) is 5.28 Å². The lowest BCUT2D eigenvalue weighted by Gasteiger charge is -2.10. The molecule has 4 aromatic carbocycles. The third-order valence-electron chi connectivity index (χ3n) is 7.93. The van der Waals surface area contributed by atoms with E-state index in [0.29, 0.717) is 64.2 Å². The Balaban J connectivity index is 0.000000216. The Morgan fingerprint density at radius 1 is 0.550 bits per heavy atom. The average molecular weight is 880 g/mol. The molecule has 0 saturated heterocycles. The largest absolute Gasteiger partial charge is 0.493 e. The van der Waals surface area contributed by atoms with Gasteiger partial charge in [-0.1, -0.05) is 69.1 Å². The number of halogens is 3. The van der Waals surface area contributed by atoms with Crippen molar-refractivity contribution < 1.29 is 39.2 Å². The van der Waals surface area contributed by atoms with Gasteiger partial charge in [-0.15, -0.1) is 0 Å². The van der Waals surface area contributed by atoms with E-state index in [9.17, 15) is 5.11 Å². The lowest BCUT2D eigenvalue weighted by molar-refractivity contribution is 0.271. The summed E-state index contributed by atoms with van der Waals surface area (Å²) in [5.41, 5.74) is 3.75. The van der Waals surface area contributed by atoms with Gasteiger partial charge in [0.1, 0.15) is 11.5 Å². The van der Waals surface area contributed by atoms with E-state index in [1.54, 1.807) is 24.3 Å².